The molecule has 21 heavy (non-hydrogen) atoms. The molecule has 3 heteroatoms. The van der Waals surface area contributed by atoms with Crippen LogP contribution in [0.2, 0.25) is 5.02 Å². The minimum absolute atomic E-state index is 0.392. The molecule has 1 atom stereocenters. The van der Waals surface area contributed by atoms with Crippen molar-refractivity contribution in [3.8, 4) is 5.75 Å². The molecule has 0 spiro atoms. The smallest absolute Gasteiger partial charge is 0.119 e. The first-order valence-corrected chi connectivity index (χ1v) is 7.78. The van der Waals surface area contributed by atoms with E-state index in [0.29, 0.717) is 6.04 Å². The molecule has 2 nitrogen and oxygen atoms in total. The largest absolute Gasteiger partial charge is 0.497 e. The van der Waals surface area contributed by atoms with Crippen molar-refractivity contribution in [2.75, 3.05) is 7.11 Å². The van der Waals surface area contributed by atoms with Crippen molar-refractivity contribution in [2.45, 2.75) is 31.8 Å². The fraction of sp³-hybridized carbons (Fsp3) is 0.333. The third kappa shape index (κ3) is 3.39. The van der Waals surface area contributed by atoms with E-state index in [1.54, 1.807) is 7.11 Å². The van der Waals surface area contributed by atoms with E-state index in [-0.39, 0.29) is 0 Å². The molecule has 3 rings (SSSR count). The highest BCUT2D eigenvalue weighted by molar-refractivity contribution is 6.30. The van der Waals surface area contributed by atoms with Crippen LogP contribution in [0.15, 0.2) is 42.5 Å². The first kappa shape index (κ1) is 14.4. The van der Waals surface area contributed by atoms with E-state index in [1.807, 2.05) is 18.2 Å². The molecule has 0 bridgehead atoms. The summed E-state index contributed by atoms with van der Waals surface area (Å²) in [5.41, 5.74) is 4.03. The van der Waals surface area contributed by atoms with Crippen molar-refractivity contribution in [1.82, 2.24) is 5.32 Å². The molecule has 0 radical (unpaired) electrons. The van der Waals surface area contributed by atoms with Crippen LogP contribution in [0.3, 0.4) is 0 Å². The molecule has 1 unspecified atom stereocenters. The summed E-state index contributed by atoms with van der Waals surface area (Å²) < 4.78 is 5.36. The van der Waals surface area contributed by atoms with Crippen molar-refractivity contribution >= 4 is 11.6 Å². The van der Waals surface area contributed by atoms with Gasteiger partial charge in [0.05, 0.1) is 7.11 Å². The van der Waals surface area contributed by atoms with Gasteiger partial charge in [-0.1, -0.05) is 29.8 Å². The van der Waals surface area contributed by atoms with Crippen LogP contribution in [-0.4, -0.2) is 7.11 Å². The number of nitrogens with one attached hydrogen (secondary N) is 1. The fourth-order valence-electron chi connectivity index (χ4n) is 3.00. The Kier molecular flexibility index (Phi) is 4.47. The van der Waals surface area contributed by atoms with Crippen molar-refractivity contribution in [2.24, 2.45) is 0 Å². The van der Waals surface area contributed by atoms with Gasteiger partial charge in [0.2, 0.25) is 0 Å². The minimum atomic E-state index is 0.392. The van der Waals surface area contributed by atoms with E-state index in [2.05, 4.69) is 29.6 Å². The van der Waals surface area contributed by atoms with Gasteiger partial charge in [0.1, 0.15) is 5.75 Å². The summed E-state index contributed by atoms with van der Waals surface area (Å²) in [6.07, 6.45) is 3.56. The van der Waals surface area contributed by atoms with Crippen molar-refractivity contribution in [3.05, 3.63) is 64.2 Å². The molecule has 0 heterocycles. The van der Waals surface area contributed by atoms with Crippen LogP contribution in [-0.2, 0) is 13.0 Å². The summed E-state index contributed by atoms with van der Waals surface area (Å²) in [5.74, 6) is 0.935. The summed E-state index contributed by atoms with van der Waals surface area (Å²) in [6.45, 7) is 0.835. The van der Waals surface area contributed by atoms with Gasteiger partial charge in [0.15, 0.2) is 0 Å². The summed E-state index contributed by atoms with van der Waals surface area (Å²) in [5, 5.41) is 4.45. The van der Waals surface area contributed by atoms with Gasteiger partial charge in [-0.3, -0.25) is 0 Å². The van der Waals surface area contributed by atoms with Gasteiger partial charge in [-0.25, -0.2) is 0 Å². The molecule has 2 aromatic rings. The molecule has 2 aromatic carbocycles. The normalized spacial score (nSPS) is 17.3. The Morgan fingerprint density at radius 1 is 1.24 bits per heavy atom. The maximum Gasteiger partial charge on any atom is 0.119 e. The lowest BCUT2D eigenvalue weighted by atomic mass is 9.87. The third-order valence-corrected chi connectivity index (χ3v) is 4.34. The van der Waals surface area contributed by atoms with E-state index < -0.39 is 0 Å². The molecule has 0 amide bonds. The van der Waals surface area contributed by atoms with Gasteiger partial charge in [-0.2, -0.15) is 0 Å². The average molecular weight is 302 g/mol. The van der Waals surface area contributed by atoms with Crippen LogP contribution in [0.5, 0.6) is 5.75 Å². The lowest BCUT2D eigenvalue weighted by molar-refractivity contribution is 0.408. The lowest BCUT2D eigenvalue weighted by Crippen LogP contribution is -2.24. The van der Waals surface area contributed by atoms with Crippen molar-refractivity contribution in [3.63, 3.8) is 0 Å². The van der Waals surface area contributed by atoms with Crippen LogP contribution < -0.4 is 10.1 Å². The average Bonchev–Trinajstić information content (AvgIpc) is 2.52. The molecular formula is C18H20ClNO. The quantitative estimate of drug-likeness (QED) is 0.897. The van der Waals surface area contributed by atoms with E-state index in [4.69, 9.17) is 16.3 Å². The zero-order valence-electron chi connectivity index (χ0n) is 12.2. The minimum Gasteiger partial charge on any atom is -0.497 e. The molecule has 1 aliphatic carbocycles. The first-order valence-electron chi connectivity index (χ1n) is 7.41. The number of rotatable bonds is 4. The second-order valence-corrected chi connectivity index (χ2v) is 5.96. The van der Waals surface area contributed by atoms with Crippen LogP contribution in [0, 0.1) is 0 Å². The van der Waals surface area contributed by atoms with E-state index in [0.717, 1.165) is 23.7 Å². The third-order valence-electron chi connectivity index (χ3n) is 4.11. The van der Waals surface area contributed by atoms with Crippen LogP contribution >= 0.6 is 11.6 Å². The Balaban J connectivity index is 1.75. The van der Waals surface area contributed by atoms with E-state index in [1.165, 1.54) is 29.5 Å². The summed E-state index contributed by atoms with van der Waals surface area (Å²) in [6, 6.07) is 14.8. The molecule has 0 fully saturated rings. The van der Waals surface area contributed by atoms with E-state index in [9.17, 15) is 0 Å². The highest BCUT2D eigenvalue weighted by atomic mass is 35.5. The monoisotopic (exact) mass is 301 g/mol. The van der Waals surface area contributed by atoms with Gasteiger partial charge in [0.25, 0.3) is 0 Å². The number of hydrogen-bond donors (Lipinski definition) is 1. The number of ether oxygens (including phenoxy) is 1. The van der Waals surface area contributed by atoms with Crippen LogP contribution in [0.25, 0.3) is 0 Å². The van der Waals surface area contributed by atoms with Gasteiger partial charge >= 0.3 is 0 Å². The zero-order valence-corrected chi connectivity index (χ0v) is 13.0. The van der Waals surface area contributed by atoms with Crippen molar-refractivity contribution in [1.29, 1.82) is 0 Å². The first-order chi connectivity index (χ1) is 10.3. The predicted molar refractivity (Wildman–Crippen MR) is 87.0 cm³/mol. The number of benzene rings is 2. The Labute approximate surface area is 131 Å². The summed E-state index contributed by atoms with van der Waals surface area (Å²) in [7, 11) is 1.72. The van der Waals surface area contributed by atoms with Crippen LogP contribution in [0.1, 0.15) is 35.6 Å². The molecule has 1 N–H and O–H groups in total. The predicted octanol–water partition coefficient (Wildman–Crippen LogP) is 4.52. The zero-order chi connectivity index (χ0) is 14.7. The van der Waals surface area contributed by atoms with Crippen molar-refractivity contribution < 1.29 is 4.74 Å². The second kappa shape index (κ2) is 6.50. The number of aryl methyl sites for hydroxylation is 1. The molecule has 0 aromatic heterocycles. The van der Waals surface area contributed by atoms with E-state index >= 15 is 0 Å². The van der Waals surface area contributed by atoms with Crippen LogP contribution in [0.4, 0.5) is 0 Å². The maximum absolute atomic E-state index is 6.04. The Morgan fingerprint density at radius 2 is 2.14 bits per heavy atom. The molecule has 1 aliphatic rings. The van der Waals surface area contributed by atoms with Gasteiger partial charge in [-0.05, 0) is 60.2 Å². The summed E-state index contributed by atoms with van der Waals surface area (Å²) >= 11 is 6.04. The Morgan fingerprint density at radius 3 is 2.95 bits per heavy atom. The highest BCUT2D eigenvalue weighted by Crippen LogP contribution is 2.32. The summed E-state index contributed by atoms with van der Waals surface area (Å²) in [4.78, 5) is 0. The maximum atomic E-state index is 6.04. The molecular weight excluding hydrogens is 282 g/mol. The molecule has 0 saturated carbocycles. The Hall–Kier alpha value is -1.51. The SMILES string of the molecule is COc1ccc2c(c1)C(NCc1cccc(Cl)c1)CCC2. The number of halogens is 1. The standard InChI is InChI=1S/C18H20ClNO/c1-21-16-9-8-14-5-3-7-18(17(14)11-16)20-12-13-4-2-6-15(19)10-13/h2,4,6,8-11,18,20H,3,5,7,12H2,1H3. The van der Waals surface area contributed by atoms with Gasteiger partial charge in [-0.15, -0.1) is 0 Å². The molecule has 0 aliphatic heterocycles. The second-order valence-electron chi connectivity index (χ2n) is 5.52. The Bertz CT molecular complexity index is 626. The number of hydrogen-bond acceptors (Lipinski definition) is 2. The highest BCUT2D eigenvalue weighted by Gasteiger charge is 2.20. The lowest BCUT2D eigenvalue weighted by Gasteiger charge is -2.27. The van der Waals surface area contributed by atoms with Gasteiger partial charge < -0.3 is 10.1 Å². The van der Waals surface area contributed by atoms with Gasteiger partial charge in [0, 0.05) is 17.6 Å². The molecule has 110 valence electrons. The fourth-order valence-corrected chi connectivity index (χ4v) is 3.22. The molecule has 0 saturated heterocycles. The number of fused-ring (bicyclic) bond motifs is 1. The number of methoxy groups -OCH3 is 1. The topological polar surface area (TPSA) is 21.3 Å².